The van der Waals surface area contributed by atoms with Crippen molar-refractivity contribution in [1.29, 1.82) is 0 Å². The molecule has 104 valence electrons. The summed E-state index contributed by atoms with van der Waals surface area (Å²) in [5.41, 5.74) is 6.02. The van der Waals surface area contributed by atoms with Crippen molar-refractivity contribution in [3.8, 4) is 11.4 Å². The number of rotatable bonds is 0. The number of para-hydroxylation sites is 2. The van der Waals surface area contributed by atoms with E-state index in [1.54, 1.807) is 0 Å². The van der Waals surface area contributed by atoms with E-state index in [1.807, 2.05) is 0 Å². The fourth-order valence-corrected chi connectivity index (χ4v) is 3.44. The highest BCUT2D eigenvalue weighted by Crippen LogP contribution is 2.35. The van der Waals surface area contributed by atoms with Gasteiger partial charge >= 0.3 is 7.55 Å². The first-order valence-corrected chi connectivity index (χ1v) is 7.59. The molecule has 2 aromatic carbocycles. The molecule has 0 amide bonds. The molecule has 2 aliphatic rings. The molecule has 4 heteroatoms. The SMILES string of the molecule is B1N2CC=CC=C2c2ccccc2-c2nc3ccccc3n21. The Bertz CT molecular complexity index is 952. The third kappa shape index (κ3) is 1.55. The van der Waals surface area contributed by atoms with Crippen LogP contribution in [-0.4, -0.2) is 28.4 Å². The van der Waals surface area contributed by atoms with Gasteiger partial charge in [0, 0.05) is 23.4 Å². The van der Waals surface area contributed by atoms with Crippen molar-refractivity contribution in [3.05, 3.63) is 72.3 Å². The molecular weight excluding hydrogens is 269 g/mol. The maximum absolute atomic E-state index is 4.90. The van der Waals surface area contributed by atoms with Crippen molar-refractivity contribution in [2.24, 2.45) is 0 Å². The number of nitrogens with zero attached hydrogens (tertiary/aromatic N) is 3. The third-order valence-corrected chi connectivity index (χ3v) is 4.47. The predicted molar refractivity (Wildman–Crippen MR) is 91.5 cm³/mol. The Kier molecular flexibility index (Phi) is 2.36. The first-order valence-electron chi connectivity index (χ1n) is 7.59. The van der Waals surface area contributed by atoms with Crippen molar-refractivity contribution >= 4 is 24.3 Å². The lowest BCUT2D eigenvalue weighted by Gasteiger charge is -2.26. The molecule has 0 aliphatic carbocycles. The molecule has 3 heterocycles. The average Bonchev–Trinajstić information content (AvgIpc) is 2.87. The van der Waals surface area contributed by atoms with Crippen LogP contribution in [0.3, 0.4) is 0 Å². The van der Waals surface area contributed by atoms with Gasteiger partial charge in [-0.2, -0.15) is 0 Å². The van der Waals surface area contributed by atoms with Crippen LogP contribution in [0.4, 0.5) is 0 Å². The topological polar surface area (TPSA) is 21.1 Å². The van der Waals surface area contributed by atoms with E-state index in [-0.39, 0.29) is 0 Å². The predicted octanol–water partition coefficient (Wildman–Crippen LogP) is 3.04. The van der Waals surface area contributed by atoms with Crippen LogP contribution in [0.1, 0.15) is 5.56 Å². The maximum atomic E-state index is 4.90. The Morgan fingerprint density at radius 1 is 0.955 bits per heavy atom. The molecule has 0 fully saturated rings. The molecule has 0 unspecified atom stereocenters. The van der Waals surface area contributed by atoms with Crippen molar-refractivity contribution < 1.29 is 0 Å². The third-order valence-electron chi connectivity index (χ3n) is 4.47. The molecule has 0 bridgehead atoms. The van der Waals surface area contributed by atoms with Crippen molar-refractivity contribution in [2.75, 3.05) is 6.54 Å². The summed E-state index contributed by atoms with van der Waals surface area (Å²) < 4.78 is 2.33. The standard InChI is InChI=1S/C18H14BN3/c1-2-8-14-13(7-1)16-10-5-6-12-21(16)19-22-17-11-4-3-9-15(17)20-18(14)22/h1-11,19H,12H2. The van der Waals surface area contributed by atoms with Crippen LogP contribution in [0.15, 0.2) is 66.8 Å². The van der Waals surface area contributed by atoms with E-state index in [2.05, 4.69) is 76.0 Å². The largest absolute Gasteiger partial charge is 0.395 e. The van der Waals surface area contributed by atoms with Crippen LogP contribution in [0.2, 0.25) is 0 Å². The van der Waals surface area contributed by atoms with Crippen LogP contribution in [-0.2, 0) is 0 Å². The van der Waals surface area contributed by atoms with Gasteiger partial charge in [0.2, 0.25) is 0 Å². The number of aromatic nitrogens is 2. The normalized spacial score (nSPS) is 15.5. The van der Waals surface area contributed by atoms with Crippen LogP contribution in [0.5, 0.6) is 0 Å². The van der Waals surface area contributed by atoms with Crippen LogP contribution in [0, 0.1) is 0 Å². The van der Waals surface area contributed by atoms with Crippen molar-refractivity contribution in [1.82, 2.24) is 14.3 Å². The Labute approximate surface area is 129 Å². The molecule has 0 saturated carbocycles. The lowest BCUT2D eigenvalue weighted by Crippen LogP contribution is -2.31. The van der Waals surface area contributed by atoms with Gasteiger partial charge in [-0.05, 0) is 18.2 Å². The molecule has 0 radical (unpaired) electrons. The molecule has 0 spiro atoms. The van der Waals surface area contributed by atoms with E-state index in [1.165, 1.54) is 22.3 Å². The fourth-order valence-electron chi connectivity index (χ4n) is 3.44. The van der Waals surface area contributed by atoms with E-state index in [9.17, 15) is 0 Å². The maximum Gasteiger partial charge on any atom is 0.362 e. The van der Waals surface area contributed by atoms with E-state index < -0.39 is 0 Å². The van der Waals surface area contributed by atoms with Gasteiger partial charge in [-0.25, -0.2) is 4.98 Å². The number of hydrogen-bond donors (Lipinski definition) is 0. The lowest BCUT2D eigenvalue weighted by atomic mass is 9.99. The minimum Gasteiger partial charge on any atom is -0.395 e. The first-order chi connectivity index (χ1) is 10.9. The van der Waals surface area contributed by atoms with Gasteiger partial charge in [-0.15, -0.1) is 0 Å². The van der Waals surface area contributed by atoms with E-state index in [0.717, 1.165) is 25.4 Å². The number of imidazole rings is 1. The molecule has 22 heavy (non-hydrogen) atoms. The minimum absolute atomic E-state index is 0.834. The second-order valence-corrected chi connectivity index (χ2v) is 5.74. The van der Waals surface area contributed by atoms with Crippen LogP contribution in [0.25, 0.3) is 28.1 Å². The summed E-state index contributed by atoms with van der Waals surface area (Å²) in [4.78, 5) is 7.31. The number of fused-ring (bicyclic) bond motifs is 7. The molecule has 3 nitrogen and oxygen atoms in total. The van der Waals surface area contributed by atoms with E-state index >= 15 is 0 Å². The smallest absolute Gasteiger partial charge is 0.362 e. The van der Waals surface area contributed by atoms with Gasteiger partial charge in [0.05, 0.1) is 11.0 Å². The van der Waals surface area contributed by atoms with E-state index in [4.69, 9.17) is 4.98 Å². The van der Waals surface area contributed by atoms with Crippen LogP contribution >= 0.6 is 0 Å². The second-order valence-electron chi connectivity index (χ2n) is 5.74. The summed E-state index contributed by atoms with van der Waals surface area (Å²) in [6.45, 7) is 0.937. The van der Waals surface area contributed by atoms with Gasteiger partial charge in [0.25, 0.3) is 0 Å². The Balaban J connectivity index is 1.88. The molecule has 3 aromatic rings. The first kappa shape index (κ1) is 11.9. The quantitative estimate of drug-likeness (QED) is 0.591. The Morgan fingerprint density at radius 3 is 2.73 bits per heavy atom. The number of hydrogen-bond acceptors (Lipinski definition) is 2. The second kappa shape index (κ2) is 4.37. The van der Waals surface area contributed by atoms with Gasteiger partial charge in [-0.3, -0.25) is 0 Å². The Morgan fingerprint density at radius 2 is 1.77 bits per heavy atom. The summed E-state index contributed by atoms with van der Waals surface area (Å²) in [7, 11) is 0.834. The summed E-state index contributed by atoms with van der Waals surface area (Å²) in [6.07, 6.45) is 6.56. The fraction of sp³-hybridized carbons (Fsp3) is 0.0556. The summed E-state index contributed by atoms with van der Waals surface area (Å²) >= 11 is 0. The zero-order chi connectivity index (χ0) is 14.5. The van der Waals surface area contributed by atoms with E-state index in [0.29, 0.717) is 0 Å². The highest BCUT2D eigenvalue weighted by Gasteiger charge is 2.26. The Hall–Kier alpha value is -2.75. The summed E-state index contributed by atoms with van der Waals surface area (Å²) in [6, 6.07) is 17.0. The zero-order valence-corrected chi connectivity index (χ0v) is 12.1. The molecule has 1 aromatic heterocycles. The molecule has 5 rings (SSSR count). The monoisotopic (exact) mass is 283 g/mol. The summed E-state index contributed by atoms with van der Waals surface area (Å²) in [5, 5.41) is 0. The zero-order valence-electron chi connectivity index (χ0n) is 12.1. The molecule has 0 saturated heterocycles. The number of benzene rings is 2. The van der Waals surface area contributed by atoms with Gasteiger partial charge in [0.1, 0.15) is 5.82 Å². The van der Waals surface area contributed by atoms with Gasteiger partial charge in [0.15, 0.2) is 0 Å². The highest BCUT2D eigenvalue weighted by atomic mass is 15.2. The summed E-state index contributed by atoms with van der Waals surface area (Å²) in [5.74, 6) is 1.06. The number of allylic oxidation sites excluding steroid dienone is 2. The average molecular weight is 283 g/mol. The lowest BCUT2D eigenvalue weighted by molar-refractivity contribution is 0.672. The van der Waals surface area contributed by atoms with Crippen LogP contribution < -0.4 is 0 Å². The molecule has 0 atom stereocenters. The molecule has 0 N–H and O–H groups in total. The molecule has 2 aliphatic heterocycles. The highest BCUT2D eigenvalue weighted by molar-refractivity contribution is 6.36. The van der Waals surface area contributed by atoms with Crippen molar-refractivity contribution in [3.63, 3.8) is 0 Å². The minimum atomic E-state index is 0.834. The van der Waals surface area contributed by atoms with Gasteiger partial charge < -0.3 is 9.29 Å². The van der Waals surface area contributed by atoms with Crippen molar-refractivity contribution in [2.45, 2.75) is 0 Å². The molecular formula is C18H14BN3. The van der Waals surface area contributed by atoms with Gasteiger partial charge in [-0.1, -0.05) is 48.6 Å².